The van der Waals surface area contributed by atoms with Crippen LogP contribution in [0.1, 0.15) is 25.0 Å². The fraction of sp³-hybridized carbons (Fsp3) is 0.0545. The van der Waals surface area contributed by atoms with Gasteiger partial charge in [-0.25, -0.2) is 0 Å². The summed E-state index contributed by atoms with van der Waals surface area (Å²) < 4.78 is 9.20. The maximum atomic E-state index is 6.82. The van der Waals surface area contributed by atoms with E-state index in [9.17, 15) is 0 Å². The monoisotopic (exact) mass is 742 g/mol. The Bertz CT molecular complexity index is 3380. The molecule has 0 aliphatic heterocycles. The summed E-state index contributed by atoms with van der Waals surface area (Å²) in [5.74, 6) is 0. The van der Waals surface area contributed by atoms with Gasteiger partial charge in [-0.15, -0.1) is 0 Å². The minimum Gasteiger partial charge on any atom is -0.455 e. The largest absolute Gasteiger partial charge is 0.455 e. The van der Waals surface area contributed by atoms with Crippen LogP contribution in [0.5, 0.6) is 0 Å². The molecule has 0 unspecified atom stereocenters. The molecule has 11 aromatic rings. The molecule has 2 heterocycles. The van der Waals surface area contributed by atoms with E-state index in [-0.39, 0.29) is 5.41 Å². The normalized spacial score (nSPS) is 13.1. The van der Waals surface area contributed by atoms with E-state index in [1.807, 2.05) is 0 Å². The van der Waals surface area contributed by atoms with Gasteiger partial charge < -0.3 is 13.9 Å². The third-order valence-corrected chi connectivity index (χ3v) is 12.6. The molecule has 58 heavy (non-hydrogen) atoms. The Morgan fingerprint density at radius 3 is 1.79 bits per heavy atom. The van der Waals surface area contributed by atoms with Gasteiger partial charge in [-0.3, -0.25) is 0 Å². The lowest BCUT2D eigenvalue weighted by Crippen LogP contribution is -2.17. The van der Waals surface area contributed by atoms with E-state index in [4.69, 9.17) is 4.42 Å². The molecule has 0 saturated heterocycles. The molecule has 3 nitrogen and oxygen atoms in total. The predicted octanol–water partition coefficient (Wildman–Crippen LogP) is 15.3. The van der Waals surface area contributed by atoms with Gasteiger partial charge in [0.05, 0.1) is 16.7 Å². The molecule has 0 radical (unpaired) electrons. The Labute approximate surface area is 336 Å². The van der Waals surface area contributed by atoms with Gasteiger partial charge >= 0.3 is 0 Å². The zero-order valence-electron chi connectivity index (χ0n) is 32.3. The first kappa shape index (κ1) is 32.8. The molecule has 12 rings (SSSR count). The number of furan rings is 1. The van der Waals surface area contributed by atoms with Crippen LogP contribution in [0.4, 0.5) is 17.1 Å². The van der Waals surface area contributed by atoms with Gasteiger partial charge in [0.25, 0.3) is 0 Å². The molecule has 0 saturated carbocycles. The Morgan fingerprint density at radius 1 is 0.431 bits per heavy atom. The first-order valence-electron chi connectivity index (χ1n) is 20.1. The van der Waals surface area contributed by atoms with E-state index in [2.05, 4.69) is 217 Å². The van der Waals surface area contributed by atoms with Gasteiger partial charge in [0, 0.05) is 55.1 Å². The molecule has 274 valence electrons. The van der Waals surface area contributed by atoms with Gasteiger partial charge in [-0.05, 0) is 99.8 Å². The highest BCUT2D eigenvalue weighted by atomic mass is 16.3. The molecule has 1 aliphatic rings. The molecule has 0 atom stereocenters. The molecule has 0 amide bonds. The summed E-state index contributed by atoms with van der Waals surface area (Å²) in [6.07, 6.45) is 0. The average Bonchev–Trinajstić information content (AvgIpc) is 3.88. The number of fused-ring (bicyclic) bond motifs is 10. The maximum Gasteiger partial charge on any atom is 0.143 e. The molecule has 9 aromatic carbocycles. The zero-order valence-corrected chi connectivity index (χ0v) is 32.3. The van der Waals surface area contributed by atoms with Crippen molar-refractivity contribution in [2.24, 2.45) is 0 Å². The van der Waals surface area contributed by atoms with Crippen LogP contribution < -0.4 is 4.90 Å². The Hall–Kier alpha value is -7.36. The first-order chi connectivity index (χ1) is 28.5. The summed E-state index contributed by atoms with van der Waals surface area (Å²) in [5.41, 5.74) is 15.9. The number of aromatic nitrogens is 1. The van der Waals surface area contributed by atoms with Crippen LogP contribution in [0.25, 0.3) is 82.5 Å². The summed E-state index contributed by atoms with van der Waals surface area (Å²) in [6, 6.07) is 70.7. The summed E-state index contributed by atoms with van der Waals surface area (Å²) in [4.78, 5) is 2.43. The van der Waals surface area contributed by atoms with Crippen LogP contribution in [0.3, 0.4) is 0 Å². The molecule has 0 bridgehead atoms. The second-order valence-electron chi connectivity index (χ2n) is 16.1. The quantitative estimate of drug-likeness (QED) is 0.175. The van der Waals surface area contributed by atoms with Crippen LogP contribution >= 0.6 is 0 Å². The van der Waals surface area contributed by atoms with Crippen molar-refractivity contribution >= 4 is 71.6 Å². The topological polar surface area (TPSA) is 21.3 Å². The number of rotatable bonds is 5. The summed E-state index contributed by atoms with van der Waals surface area (Å²) in [5, 5.41) is 7.15. The predicted molar refractivity (Wildman–Crippen MR) is 243 cm³/mol. The van der Waals surface area contributed by atoms with Crippen LogP contribution in [-0.2, 0) is 5.41 Å². The first-order valence-corrected chi connectivity index (χ1v) is 20.1. The number of hydrogen-bond donors (Lipinski definition) is 0. The molecular formula is C55H38N2O. The van der Waals surface area contributed by atoms with E-state index < -0.39 is 0 Å². The SMILES string of the molecule is CC1(C)c2ccccc2-c2ccc(N(c3ccc(-n4c5ccccc5c5ccccc54)cc3)c3ccccc3-c3cccc4c3oc3cc5ccccc5cc34)cc21. The van der Waals surface area contributed by atoms with Crippen molar-refractivity contribution in [3.05, 3.63) is 205 Å². The van der Waals surface area contributed by atoms with Crippen molar-refractivity contribution in [3.8, 4) is 27.9 Å². The molecule has 1 aliphatic carbocycles. The van der Waals surface area contributed by atoms with Gasteiger partial charge in [0.2, 0.25) is 0 Å². The Kier molecular flexibility index (Phi) is 6.98. The van der Waals surface area contributed by atoms with Crippen molar-refractivity contribution in [2.75, 3.05) is 4.90 Å². The second-order valence-corrected chi connectivity index (χ2v) is 16.1. The number of hydrogen-bond acceptors (Lipinski definition) is 2. The molecule has 3 heteroatoms. The average molecular weight is 743 g/mol. The van der Waals surface area contributed by atoms with E-state index in [1.165, 1.54) is 54.8 Å². The lowest BCUT2D eigenvalue weighted by atomic mass is 9.82. The van der Waals surface area contributed by atoms with Crippen molar-refractivity contribution in [1.82, 2.24) is 4.57 Å². The standard InChI is InChI=1S/C55H38N2O/c1-55(2)48-22-9-5-16-40(48)41-31-30-39(34-49(41)55)56(37-26-28-38(29-27-37)57-51-24-11-6-17-42(51)43-18-7-12-25-52(43)57)50-23-10-8-19-44(50)45-20-13-21-46-47-32-35-14-3-4-15-36(35)33-53(47)58-54(45)46/h3-34H,1-2H3. The molecular weight excluding hydrogens is 705 g/mol. The maximum absolute atomic E-state index is 6.82. The number of anilines is 3. The third-order valence-electron chi connectivity index (χ3n) is 12.6. The van der Waals surface area contributed by atoms with Crippen LogP contribution in [0.15, 0.2) is 199 Å². The summed E-state index contributed by atoms with van der Waals surface area (Å²) in [6.45, 7) is 4.71. The van der Waals surface area contributed by atoms with Crippen LogP contribution in [0, 0.1) is 0 Å². The summed E-state index contributed by atoms with van der Waals surface area (Å²) >= 11 is 0. The van der Waals surface area contributed by atoms with Crippen molar-refractivity contribution in [1.29, 1.82) is 0 Å². The lowest BCUT2D eigenvalue weighted by Gasteiger charge is -2.30. The molecule has 2 aromatic heterocycles. The van der Waals surface area contributed by atoms with Crippen molar-refractivity contribution < 1.29 is 4.42 Å². The minimum absolute atomic E-state index is 0.142. The highest BCUT2D eigenvalue weighted by molar-refractivity contribution is 6.14. The second kappa shape index (κ2) is 12.3. The number of para-hydroxylation sites is 4. The number of benzene rings is 9. The van der Waals surface area contributed by atoms with E-state index in [0.29, 0.717) is 0 Å². The highest BCUT2D eigenvalue weighted by Crippen LogP contribution is 2.52. The van der Waals surface area contributed by atoms with E-state index in [1.54, 1.807) is 0 Å². The van der Waals surface area contributed by atoms with Gasteiger partial charge in [0.1, 0.15) is 11.2 Å². The Balaban J connectivity index is 1.07. The third kappa shape index (κ3) is 4.74. The lowest BCUT2D eigenvalue weighted by molar-refractivity contribution is 0.660. The zero-order chi connectivity index (χ0) is 38.5. The summed E-state index contributed by atoms with van der Waals surface area (Å²) in [7, 11) is 0. The Morgan fingerprint density at radius 2 is 1.02 bits per heavy atom. The highest BCUT2D eigenvalue weighted by Gasteiger charge is 2.36. The van der Waals surface area contributed by atoms with Gasteiger partial charge in [0.15, 0.2) is 0 Å². The fourth-order valence-corrected chi connectivity index (χ4v) is 9.80. The molecule has 0 fully saturated rings. The van der Waals surface area contributed by atoms with Crippen LogP contribution in [-0.4, -0.2) is 4.57 Å². The minimum atomic E-state index is -0.142. The van der Waals surface area contributed by atoms with Crippen LogP contribution in [0.2, 0.25) is 0 Å². The number of nitrogens with zero attached hydrogens (tertiary/aromatic N) is 2. The van der Waals surface area contributed by atoms with E-state index in [0.717, 1.165) is 55.8 Å². The molecule has 0 N–H and O–H groups in total. The van der Waals surface area contributed by atoms with Gasteiger partial charge in [-0.2, -0.15) is 0 Å². The van der Waals surface area contributed by atoms with Crippen molar-refractivity contribution in [2.45, 2.75) is 19.3 Å². The fourth-order valence-electron chi connectivity index (χ4n) is 9.80. The van der Waals surface area contributed by atoms with E-state index >= 15 is 0 Å². The molecule has 0 spiro atoms. The van der Waals surface area contributed by atoms with Crippen molar-refractivity contribution in [3.63, 3.8) is 0 Å². The van der Waals surface area contributed by atoms with Gasteiger partial charge in [-0.1, -0.05) is 141 Å². The smallest absolute Gasteiger partial charge is 0.143 e.